The lowest BCUT2D eigenvalue weighted by atomic mass is 9.99. The maximum Gasteiger partial charge on any atom is 0.253 e. The van der Waals surface area contributed by atoms with E-state index in [1.165, 1.54) is 6.42 Å². The van der Waals surface area contributed by atoms with Crippen LogP contribution in [0.25, 0.3) is 0 Å². The van der Waals surface area contributed by atoms with Gasteiger partial charge in [-0.25, -0.2) is 0 Å². The van der Waals surface area contributed by atoms with Crippen LogP contribution in [0.15, 0.2) is 22.7 Å². The highest BCUT2D eigenvalue weighted by Gasteiger charge is 2.22. The number of unbranched alkanes of at least 4 members (excludes halogenated alkanes) is 1. The zero-order chi connectivity index (χ0) is 19.2. The zero-order valence-electron chi connectivity index (χ0n) is 16.6. The highest BCUT2D eigenvalue weighted by Crippen LogP contribution is 2.21. The summed E-state index contributed by atoms with van der Waals surface area (Å²) in [6.45, 7) is 8.57. The summed E-state index contributed by atoms with van der Waals surface area (Å²) < 4.78 is 5.29. The molecule has 0 bridgehead atoms. The van der Waals surface area contributed by atoms with E-state index in [0.29, 0.717) is 18.4 Å². The van der Waals surface area contributed by atoms with Gasteiger partial charge in [-0.2, -0.15) is 4.98 Å². The minimum absolute atomic E-state index is 0.133. The Morgan fingerprint density at radius 2 is 2.26 bits per heavy atom. The van der Waals surface area contributed by atoms with Crippen molar-refractivity contribution in [3.63, 3.8) is 0 Å². The molecule has 1 fully saturated rings. The molecule has 1 saturated heterocycles. The first-order chi connectivity index (χ1) is 13.1. The minimum atomic E-state index is 0.133. The first-order valence-corrected chi connectivity index (χ1v) is 10.0. The van der Waals surface area contributed by atoms with Crippen LogP contribution in [0.4, 0.5) is 5.69 Å². The van der Waals surface area contributed by atoms with Gasteiger partial charge in [-0.1, -0.05) is 25.4 Å². The fraction of sp³-hybridized carbons (Fsp3) is 0.571. The quantitative estimate of drug-likeness (QED) is 0.791. The van der Waals surface area contributed by atoms with Crippen molar-refractivity contribution in [3.05, 3.63) is 41.0 Å². The Kier molecular flexibility index (Phi) is 6.48. The average molecular weight is 370 g/mol. The Morgan fingerprint density at radius 3 is 3.00 bits per heavy atom. The van der Waals surface area contributed by atoms with E-state index < -0.39 is 0 Å². The number of amides is 1. The van der Waals surface area contributed by atoms with Gasteiger partial charge in [-0.3, -0.25) is 4.79 Å². The molecule has 6 nitrogen and oxygen atoms in total. The molecule has 1 aliphatic rings. The molecule has 1 aromatic heterocycles. The van der Waals surface area contributed by atoms with E-state index in [4.69, 9.17) is 4.52 Å². The monoisotopic (exact) mass is 370 g/mol. The van der Waals surface area contributed by atoms with Crippen molar-refractivity contribution < 1.29 is 9.32 Å². The molecule has 2 heterocycles. The number of nitrogens with zero attached hydrogens (tertiary/aromatic N) is 3. The number of hydrogen-bond donors (Lipinski definition) is 1. The van der Waals surface area contributed by atoms with Gasteiger partial charge in [0, 0.05) is 30.8 Å². The van der Waals surface area contributed by atoms with E-state index in [0.717, 1.165) is 61.4 Å². The summed E-state index contributed by atoms with van der Waals surface area (Å²) in [6.07, 6.45) is 5.34. The van der Waals surface area contributed by atoms with Crippen molar-refractivity contribution >= 4 is 11.6 Å². The van der Waals surface area contributed by atoms with Crippen molar-refractivity contribution in [3.8, 4) is 0 Å². The Hall–Kier alpha value is -2.37. The van der Waals surface area contributed by atoms with Gasteiger partial charge in [-0.05, 0) is 55.9 Å². The number of hydrogen-bond acceptors (Lipinski definition) is 5. The third kappa shape index (κ3) is 5.08. The molecule has 27 heavy (non-hydrogen) atoms. The lowest BCUT2D eigenvalue weighted by Crippen LogP contribution is -2.39. The number of carbonyl (C=O) groups is 1. The van der Waals surface area contributed by atoms with Gasteiger partial charge in [0.05, 0.1) is 6.54 Å². The van der Waals surface area contributed by atoms with Crippen molar-refractivity contribution in [2.45, 2.75) is 59.4 Å². The normalized spacial score (nSPS) is 17.1. The topological polar surface area (TPSA) is 71.3 Å². The Bertz CT molecular complexity index is 771. The predicted molar refractivity (Wildman–Crippen MR) is 106 cm³/mol. The molecule has 1 aliphatic heterocycles. The van der Waals surface area contributed by atoms with Gasteiger partial charge < -0.3 is 14.7 Å². The van der Waals surface area contributed by atoms with E-state index in [1.807, 2.05) is 30.0 Å². The number of benzene rings is 1. The summed E-state index contributed by atoms with van der Waals surface area (Å²) in [6, 6.07) is 5.83. The minimum Gasteiger partial charge on any atom is -0.376 e. The molecular weight excluding hydrogens is 340 g/mol. The van der Waals surface area contributed by atoms with Crippen LogP contribution in [0.3, 0.4) is 0 Å². The number of likely N-dealkylation sites (tertiary alicyclic amines) is 1. The maximum atomic E-state index is 12.7. The standard InChI is InChI=1S/C21H30N4O2/c1-4-5-8-19-23-20(27-24-19)13-22-18-10-9-17(12-16(18)3)21(26)25-11-6-7-15(2)14-25/h9-10,12,15,22H,4-8,11,13-14H2,1-3H3. The highest BCUT2D eigenvalue weighted by molar-refractivity contribution is 5.95. The summed E-state index contributed by atoms with van der Waals surface area (Å²) in [5.74, 6) is 2.07. The molecule has 146 valence electrons. The Labute approximate surface area is 161 Å². The van der Waals surface area contributed by atoms with Crippen molar-refractivity contribution in [2.75, 3.05) is 18.4 Å². The van der Waals surface area contributed by atoms with E-state index in [2.05, 4.69) is 29.3 Å². The van der Waals surface area contributed by atoms with Crippen LogP contribution in [0.1, 0.15) is 67.2 Å². The first kappa shape index (κ1) is 19.4. The van der Waals surface area contributed by atoms with Gasteiger partial charge in [0.1, 0.15) is 0 Å². The van der Waals surface area contributed by atoms with Gasteiger partial charge in [0.25, 0.3) is 5.91 Å². The first-order valence-electron chi connectivity index (χ1n) is 10.0. The number of carbonyl (C=O) groups excluding carboxylic acids is 1. The van der Waals surface area contributed by atoms with Crippen LogP contribution in [0, 0.1) is 12.8 Å². The fourth-order valence-corrected chi connectivity index (χ4v) is 3.52. The van der Waals surface area contributed by atoms with Crippen LogP contribution >= 0.6 is 0 Å². The highest BCUT2D eigenvalue weighted by atomic mass is 16.5. The third-order valence-electron chi connectivity index (χ3n) is 5.11. The van der Waals surface area contributed by atoms with Crippen LogP contribution in [-0.4, -0.2) is 34.0 Å². The molecular formula is C21H30N4O2. The number of rotatable bonds is 7. The second kappa shape index (κ2) is 9.02. The van der Waals surface area contributed by atoms with E-state index in [9.17, 15) is 4.79 Å². The number of aromatic nitrogens is 2. The molecule has 0 radical (unpaired) electrons. The molecule has 1 unspecified atom stereocenters. The van der Waals surface area contributed by atoms with Crippen LogP contribution in [0.5, 0.6) is 0 Å². The number of piperidine rings is 1. The van der Waals surface area contributed by atoms with Gasteiger partial charge in [0.2, 0.25) is 5.89 Å². The molecule has 1 atom stereocenters. The van der Waals surface area contributed by atoms with Crippen LogP contribution < -0.4 is 5.32 Å². The van der Waals surface area contributed by atoms with Crippen molar-refractivity contribution in [2.24, 2.45) is 5.92 Å². The second-order valence-electron chi connectivity index (χ2n) is 7.59. The third-order valence-corrected chi connectivity index (χ3v) is 5.11. The summed E-state index contributed by atoms with van der Waals surface area (Å²) in [5, 5.41) is 7.34. The number of nitrogens with one attached hydrogen (secondary N) is 1. The Balaban J connectivity index is 1.59. The van der Waals surface area contributed by atoms with Crippen LogP contribution in [0.2, 0.25) is 0 Å². The molecule has 1 aromatic carbocycles. The largest absolute Gasteiger partial charge is 0.376 e. The number of aryl methyl sites for hydroxylation is 2. The molecule has 6 heteroatoms. The van der Waals surface area contributed by atoms with Gasteiger partial charge >= 0.3 is 0 Å². The van der Waals surface area contributed by atoms with E-state index in [-0.39, 0.29) is 5.91 Å². The molecule has 1 amide bonds. The summed E-state index contributed by atoms with van der Waals surface area (Å²) in [7, 11) is 0. The SMILES string of the molecule is CCCCc1noc(CNc2ccc(C(=O)N3CCCC(C)C3)cc2C)n1. The van der Waals surface area contributed by atoms with Gasteiger partial charge in [0.15, 0.2) is 5.82 Å². The fourth-order valence-electron chi connectivity index (χ4n) is 3.52. The van der Waals surface area contributed by atoms with E-state index >= 15 is 0 Å². The molecule has 1 N–H and O–H groups in total. The summed E-state index contributed by atoms with van der Waals surface area (Å²) >= 11 is 0. The predicted octanol–water partition coefficient (Wildman–Crippen LogP) is 4.20. The van der Waals surface area contributed by atoms with Crippen LogP contribution in [-0.2, 0) is 13.0 Å². The summed E-state index contributed by atoms with van der Waals surface area (Å²) in [4.78, 5) is 19.1. The average Bonchev–Trinajstić information content (AvgIpc) is 3.12. The lowest BCUT2D eigenvalue weighted by molar-refractivity contribution is 0.0683. The molecule has 0 aliphatic carbocycles. The summed E-state index contributed by atoms with van der Waals surface area (Å²) in [5.41, 5.74) is 2.77. The zero-order valence-corrected chi connectivity index (χ0v) is 16.6. The number of anilines is 1. The van der Waals surface area contributed by atoms with E-state index in [1.54, 1.807) is 0 Å². The van der Waals surface area contributed by atoms with Gasteiger partial charge in [-0.15, -0.1) is 0 Å². The smallest absolute Gasteiger partial charge is 0.253 e. The lowest BCUT2D eigenvalue weighted by Gasteiger charge is -2.31. The molecule has 3 rings (SSSR count). The molecule has 0 spiro atoms. The maximum absolute atomic E-state index is 12.7. The Morgan fingerprint density at radius 1 is 1.41 bits per heavy atom. The molecule has 0 saturated carbocycles. The second-order valence-corrected chi connectivity index (χ2v) is 7.59. The van der Waals surface area contributed by atoms with Crippen molar-refractivity contribution in [1.82, 2.24) is 15.0 Å². The molecule has 2 aromatic rings. The van der Waals surface area contributed by atoms with Crippen molar-refractivity contribution in [1.29, 1.82) is 0 Å².